The standard InChI is InChI=1S/C21H34O3/c1-13(22)24-14-6-10-21(3)17-7-9-20(2)8-4-5-16(20)15(17)12-19(23)18(21)11-14/h14-19,23H,4-12H2,1-3H3/t14-,15+,16+,17+,18-,19+,20+,21-/m1/s1. The van der Waals surface area contributed by atoms with Crippen LogP contribution in [-0.4, -0.2) is 23.3 Å². The summed E-state index contributed by atoms with van der Waals surface area (Å²) in [6.07, 6.45) is 10.6. The molecule has 0 aromatic carbocycles. The molecular formula is C21H34O3. The van der Waals surface area contributed by atoms with Crippen molar-refractivity contribution in [3.63, 3.8) is 0 Å². The van der Waals surface area contributed by atoms with Crippen LogP contribution in [0.5, 0.6) is 0 Å². The fourth-order valence-corrected chi connectivity index (χ4v) is 7.60. The number of hydrogen-bond donors (Lipinski definition) is 1. The molecule has 4 fully saturated rings. The second-order valence-electron chi connectivity index (χ2n) is 9.88. The molecular weight excluding hydrogens is 300 g/mol. The first-order chi connectivity index (χ1) is 11.3. The van der Waals surface area contributed by atoms with Gasteiger partial charge in [-0.3, -0.25) is 4.79 Å². The van der Waals surface area contributed by atoms with Gasteiger partial charge < -0.3 is 9.84 Å². The maximum absolute atomic E-state index is 11.3. The first-order valence-corrected chi connectivity index (χ1v) is 10.2. The molecule has 1 N–H and O–H groups in total. The van der Waals surface area contributed by atoms with Crippen LogP contribution in [0.4, 0.5) is 0 Å². The van der Waals surface area contributed by atoms with Crippen molar-refractivity contribution in [2.45, 2.75) is 90.8 Å². The molecule has 0 bridgehead atoms. The first-order valence-electron chi connectivity index (χ1n) is 10.2. The van der Waals surface area contributed by atoms with E-state index in [2.05, 4.69) is 13.8 Å². The quantitative estimate of drug-likeness (QED) is 0.726. The maximum atomic E-state index is 11.3. The number of ether oxygens (including phenoxy) is 1. The molecule has 0 unspecified atom stereocenters. The summed E-state index contributed by atoms with van der Waals surface area (Å²) in [6, 6.07) is 0. The zero-order valence-corrected chi connectivity index (χ0v) is 15.6. The fraction of sp³-hybridized carbons (Fsp3) is 0.952. The molecule has 0 aliphatic heterocycles. The fourth-order valence-electron chi connectivity index (χ4n) is 7.60. The van der Waals surface area contributed by atoms with Crippen LogP contribution in [-0.2, 0) is 9.53 Å². The highest BCUT2D eigenvalue weighted by Crippen LogP contribution is 2.66. The third-order valence-corrected chi connectivity index (χ3v) is 8.74. The average Bonchev–Trinajstić information content (AvgIpc) is 2.90. The van der Waals surface area contributed by atoms with Gasteiger partial charge in [-0.1, -0.05) is 20.3 Å². The van der Waals surface area contributed by atoms with E-state index in [4.69, 9.17) is 4.74 Å². The number of esters is 1. The second-order valence-corrected chi connectivity index (χ2v) is 9.88. The molecule has 8 atom stereocenters. The molecule has 4 aliphatic rings. The third-order valence-electron chi connectivity index (χ3n) is 8.74. The lowest BCUT2D eigenvalue weighted by Gasteiger charge is -2.61. The van der Waals surface area contributed by atoms with Crippen molar-refractivity contribution in [2.24, 2.45) is 34.5 Å². The molecule has 0 saturated heterocycles. The third kappa shape index (κ3) is 2.45. The Bertz CT molecular complexity index is 517. The van der Waals surface area contributed by atoms with E-state index >= 15 is 0 Å². The Morgan fingerprint density at radius 3 is 2.54 bits per heavy atom. The monoisotopic (exact) mass is 334 g/mol. The van der Waals surface area contributed by atoms with Crippen LogP contribution < -0.4 is 0 Å². The van der Waals surface area contributed by atoms with Crippen molar-refractivity contribution < 1.29 is 14.6 Å². The summed E-state index contributed by atoms with van der Waals surface area (Å²) in [5, 5.41) is 11.0. The summed E-state index contributed by atoms with van der Waals surface area (Å²) in [7, 11) is 0. The topological polar surface area (TPSA) is 46.5 Å². The second kappa shape index (κ2) is 5.72. The van der Waals surface area contributed by atoms with Gasteiger partial charge in [0.1, 0.15) is 6.10 Å². The molecule has 4 saturated carbocycles. The lowest BCUT2D eigenvalue weighted by atomic mass is 9.44. The van der Waals surface area contributed by atoms with Gasteiger partial charge >= 0.3 is 5.97 Å². The van der Waals surface area contributed by atoms with Crippen molar-refractivity contribution in [2.75, 3.05) is 0 Å². The van der Waals surface area contributed by atoms with Gasteiger partial charge in [0.2, 0.25) is 0 Å². The van der Waals surface area contributed by atoms with E-state index in [1.165, 1.54) is 39.0 Å². The van der Waals surface area contributed by atoms with Crippen molar-refractivity contribution in [1.82, 2.24) is 0 Å². The van der Waals surface area contributed by atoms with Gasteiger partial charge in [0.05, 0.1) is 6.10 Å². The Morgan fingerprint density at radius 2 is 1.79 bits per heavy atom. The number of fused-ring (bicyclic) bond motifs is 5. The Kier molecular flexibility index (Phi) is 4.02. The smallest absolute Gasteiger partial charge is 0.302 e. The predicted molar refractivity (Wildman–Crippen MR) is 93.3 cm³/mol. The van der Waals surface area contributed by atoms with E-state index in [-0.39, 0.29) is 23.6 Å². The van der Waals surface area contributed by atoms with Gasteiger partial charge in [-0.15, -0.1) is 0 Å². The minimum atomic E-state index is -0.211. The van der Waals surface area contributed by atoms with Crippen LogP contribution in [0.1, 0.15) is 78.6 Å². The molecule has 0 amide bonds. The van der Waals surface area contributed by atoms with Crippen LogP contribution in [0.2, 0.25) is 0 Å². The number of aliphatic hydroxyl groups excluding tert-OH is 1. The van der Waals surface area contributed by atoms with E-state index in [1.807, 2.05) is 0 Å². The highest BCUT2D eigenvalue weighted by atomic mass is 16.5. The number of rotatable bonds is 1. The van der Waals surface area contributed by atoms with Gasteiger partial charge in [-0.25, -0.2) is 0 Å². The van der Waals surface area contributed by atoms with Crippen LogP contribution in [0.3, 0.4) is 0 Å². The number of aliphatic hydroxyl groups is 1. The predicted octanol–water partition coefficient (Wildman–Crippen LogP) is 4.32. The van der Waals surface area contributed by atoms with E-state index in [0.717, 1.165) is 37.5 Å². The summed E-state index contributed by atoms with van der Waals surface area (Å²) >= 11 is 0. The van der Waals surface area contributed by atoms with E-state index < -0.39 is 0 Å². The Morgan fingerprint density at radius 1 is 1.00 bits per heavy atom. The largest absolute Gasteiger partial charge is 0.463 e. The minimum absolute atomic E-state index is 0.0205. The van der Waals surface area contributed by atoms with Gasteiger partial charge in [0.25, 0.3) is 0 Å². The normalized spacial score (nSPS) is 53.7. The molecule has 4 aliphatic carbocycles. The van der Waals surface area contributed by atoms with E-state index in [0.29, 0.717) is 17.3 Å². The molecule has 0 aromatic rings. The summed E-state index contributed by atoms with van der Waals surface area (Å²) in [6.45, 7) is 6.46. The summed E-state index contributed by atoms with van der Waals surface area (Å²) in [5.41, 5.74) is 0.780. The summed E-state index contributed by atoms with van der Waals surface area (Å²) in [5.74, 6) is 2.44. The van der Waals surface area contributed by atoms with E-state index in [1.54, 1.807) is 0 Å². The van der Waals surface area contributed by atoms with Crippen molar-refractivity contribution in [1.29, 1.82) is 0 Å². The molecule has 0 aromatic heterocycles. The zero-order chi connectivity index (χ0) is 17.1. The van der Waals surface area contributed by atoms with E-state index in [9.17, 15) is 9.90 Å². The summed E-state index contributed by atoms with van der Waals surface area (Å²) in [4.78, 5) is 11.3. The zero-order valence-electron chi connectivity index (χ0n) is 15.6. The Balaban J connectivity index is 1.58. The van der Waals surface area contributed by atoms with Crippen molar-refractivity contribution >= 4 is 5.97 Å². The van der Waals surface area contributed by atoms with Gasteiger partial charge in [0, 0.05) is 6.92 Å². The molecule has 0 spiro atoms. The molecule has 0 radical (unpaired) electrons. The number of carbonyl (C=O) groups excluding carboxylic acids is 1. The average molecular weight is 335 g/mol. The summed E-state index contributed by atoms with van der Waals surface area (Å²) < 4.78 is 5.50. The van der Waals surface area contributed by atoms with Gasteiger partial charge in [0.15, 0.2) is 0 Å². The van der Waals surface area contributed by atoms with Crippen LogP contribution in [0.15, 0.2) is 0 Å². The van der Waals surface area contributed by atoms with Crippen LogP contribution in [0.25, 0.3) is 0 Å². The van der Waals surface area contributed by atoms with Gasteiger partial charge in [-0.05, 0) is 85.9 Å². The number of hydrogen-bond acceptors (Lipinski definition) is 3. The molecule has 3 nitrogen and oxygen atoms in total. The maximum Gasteiger partial charge on any atom is 0.302 e. The van der Waals surface area contributed by atoms with Crippen molar-refractivity contribution in [3.8, 4) is 0 Å². The molecule has 0 heterocycles. The highest BCUT2D eigenvalue weighted by molar-refractivity contribution is 5.66. The molecule has 4 rings (SSSR count). The molecule has 136 valence electrons. The first kappa shape index (κ1) is 16.9. The molecule has 3 heteroatoms. The van der Waals surface area contributed by atoms with Gasteiger partial charge in [-0.2, -0.15) is 0 Å². The molecule has 24 heavy (non-hydrogen) atoms. The Hall–Kier alpha value is -0.570. The van der Waals surface area contributed by atoms with Crippen LogP contribution in [0, 0.1) is 34.5 Å². The number of carbonyl (C=O) groups is 1. The highest BCUT2D eigenvalue weighted by Gasteiger charge is 2.60. The Labute approximate surface area is 146 Å². The lowest BCUT2D eigenvalue weighted by Crippen LogP contribution is -2.58. The lowest BCUT2D eigenvalue weighted by molar-refractivity contribution is -0.179. The van der Waals surface area contributed by atoms with Crippen molar-refractivity contribution in [3.05, 3.63) is 0 Å². The SMILES string of the molecule is CC(=O)O[C@@H]1CC[C@@]2(C)[C@H](C1)[C@@H](O)C[C@H]1[C@@H]3CCC[C@@]3(C)CC[C@@H]12. The minimum Gasteiger partial charge on any atom is -0.463 e. The van der Waals surface area contributed by atoms with Crippen LogP contribution >= 0.6 is 0 Å².